The van der Waals surface area contributed by atoms with E-state index < -0.39 is 5.38 Å². The van der Waals surface area contributed by atoms with E-state index in [1.165, 1.54) is 0 Å². The highest BCUT2D eigenvalue weighted by molar-refractivity contribution is 6.30. The zero-order valence-corrected chi connectivity index (χ0v) is 9.33. The second-order valence-electron chi connectivity index (χ2n) is 3.07. The molecule has 82 valence electrons. The number of para-hydroxylation sites is 1. The average molecular weight is 228 g/mol. The van der Waals surface area contributed by atoms with Crippen LogP contribution in [0.25, 0.3) is 0 Å². The number of rotatable bonds is 5. The van der Waals surface area contributed by atoms with Gasteiger partial charge in [-0.05, 0) is 19.1 Å². The molecule has 0 spiro atoms. The van der Waals surface area contributed by atoms with Gasteiger partial charge >= 0.3 is 0 Å². The first-order valence-corrected chi connectivity index (χ1v) is 5.23. The molecule has 0 aliphatic carbocycles. The van der Waals surface area contributed by atoms with E-state index in [0.29, 0.717) is 13.2 Å². The van der Waals surface area contributed by atoms with Gasteiger partial charge in [-0.2, -0.15) is 0 Å². The van der Waals surface area contributed by atoms with Crippen molar-refractivity contribution >= 4 is 17.5 Å². The summed E-state index contributed by atoms with van der Waals surface area (Å²) in [5.41, 5.74) is 0. The van der Waals surface area contributed by atoms with Crippen LogP contribution in [0.15, 0.2) is 30.3 Å². The maximum atomic E-state index is 11.1. The second kappa shape index (κ2) is 6.30. The lowest BCUT2D eigenvalue weighted by Gasteiger charge is -2.08. The Labute approximate surface area is 94.4 Å². The molecule has 0 bridgehead atoms. The maximum Gasteiger partial charge on any atom is 0.237 e. The van der Waals surface area contributed by atoms with Crippen molar-refractivity contribution in [3.05, 3.63) is 30.3 Å². The van der Waals surface area contributed by atoms with Crippen LogP contribution in [0.4, 0.5) is 0 Å². The van der Waals surface area contributed by atoms with Gasteiger partial charge in [0.1, 0.15) is 17.7 Å². The first-order valence-electron chi connectivity index (χ1n) is 4.80. The number of alkyl halides is 1. The molecular weight excluding hydrogens is 214 g/mol. The van der Waals surface area contributed by atoms with Gasteiger partial charge in [0.2, 0.25) is 5.91 Å². The van der Waals surface area contributed by atoms with Crippen LogP contribution >= 0.6 is 11.6 Å². The fraction of sp³-hybridized carbons (Fsp3) is 0.364. The SMILES string of the molecule is CC(Cl)C(=O)NCCOc1ccccc1. The molecule has 1 amide bonds. The summed E-state index contributed by atoms with van der Waals surface area (Å²) < 4.78 is 5.38. The molecule has 1 N–H and O–H groups in total. The van der Waals surface area contributed by atoms with Crippen molar-refractivity contribution in [2.24, 2.45) is 0 Å². The number of amides is 1. The van der Waals surface area contributed by atoms with Crippen LogP contribution in [-0.2, 0) is 4.79 Å². The highest BCUT2D eigenvalue weighted by Gasteiger charge is 2.06. The summed E-state index contributed by atoms with van der Waals surface area (Å²) in [5.74, 6) is 0.624. The van der Waals surface area contributed by atoms with Gasteiger partial charge in [0, 0.05) is 0 Å². The van der Waals surface area contributed by atoms with Crippen LogP contribution in [0.3, 0.4) is 0 Å². The topological polar surface area (TPSA) is 38.3 Å². The van der Waals surface area contributed by atoms with Gasteiger partial charge < -0.3 is 10.1 Å². The molecule has 0 aromatic heterocycles. The zero-order valence-electron chi connectivity index (χ0n) is 8.57. The minimum absolute atomic E-state index is 0.173. The van der Waals surface area contributed by atoms with Gasteiger partial charge in [0.25, 0.3) is 0 Å². The smallest absolute Gasteiger partial charge is 0.237 e. The lowest BCUT2D eigenvalue weighted by molar-refractivity contribution is -0.120. The molecule has 1 atom stereocenters. The molecule has 0 aliphatic rings. The molecule has 0 saturated carbocycles. The Hall–Kier alpha value is -1.22. The standard InChI is InChI=1S/C11H14ClNO2/c1-9(12)11(14)13-7-8-15-10-5-3-2-4-6-10/h2-6,9H,7-8H2,1H3,(H,13,14). The van der Waals surface area contributed by atoms with E-state index >= 15 is 0 Å². The molecule has 1 aromatic rings. The van der Waals surface area contributed by atoms with Crippen molar-refractivity contribution in [2.75, 3.05) is 13.2 Å². The minimum Gasteiger partial charge on any atom is -0.492 e. The number of halogens is 1. The lowest BCUT2D eigenvalue weighted by Crippen LogP contribution is -2.32. The van der Waals surface area contributed by atoms with Crippen molar-refractivity contribution in [1.29, 1.82) is 0 Å². The number of nitrogens with one attached hydrogen (secondary N) is 1. The van der Waals surface area contributed by atoms with Crippen LogP contribution < -0.4 is 10.1 Å². The molecular formula is C11H14ClNO2. The number of carbonyl (C=O) groups excluding carboxylic acids is 1. The van der Waals surface area contributed by atoms with E-state index in [0.717, 1.165) is 5.75 Å². The van der Waals surface area contributed by atoms with E-state index in [1.807, 2.05) is 30.3 Å². The number of benzene rings is 1. The second-order valence-corrected chi connectivity index (χ2v) is 3.72. The Kier molecular flexibility index (Phi) is 4.98. The van der Waals surface area contributed by atoms with Crippen LogP contribution in [0.1, 0.15) is 6.92 Å². The first-order chi connectivity index (χ1) is 7.20. The third kappa shape index (κ3) is 4.70. The highest BCUT2D eigenvalue weighted by Crippen LogP contribution is 2.07. The van der Waals surface area contributed by atoms with Crippen LogP contribution in [0, 0.1) is 0 Å². The van der Waals surface area contributed by atoms with Gasteiger partial charge in [-0.15, -0.1) is 11.6 Å². The monoisotopic (exact) mass is 227 g/mol. The van der Waals surface area contributed by atoms with Crippen LogP contribution in [0.5, 0.6) is 5.75 Å². The average Bonchev–Trinajstić information content (AvgIpc) is 2.25. The van der Waals surface area contributed by atoms with E-state index in [9.17, 15) is 4.79 Å². The Balaban J connectivity index is 2.15. The molecule has 4 heteroatoms. The van der Waals surface area contributed by atoms with Crippen LogP contribution in [0.2, 0.25) is 0 Å². The van der Waals surface area contributed by atoms with Crippen LogP contribution in [-0.4, -0.2) is 24.4 Å². The molecule has 3 nitrogen and oxygen atoms in total. The summed E-state index contributed by atoms with van der Waals surface area (Å²) in [6.45, 7) is 2.54. The fourth-order valence-corrected chi connectivity index (χ4v) is 1.08. The normalized spacial score (nSPS) is 11.9. The molecule has 15 heavy (non-hydrogen) atoms. The van der Waals surface area contributed by atoms with Gasteiger partial charge in [-0.25, -0.2) is 0 Å². The van der Waals surface area contributed by atoms with Gasteiger partial charge in [-0.3, -0.25) is 4.79 Å². The Bertz CT molecular complexity index is 301. The summed E-state index contributed by atoms with van der Waals surface area (Å²) in [6, 6.07) is 9.45. The molecule has 0 heterocycles. The predicted octanol–water partition coefficient (Wildman–Crippen LogP) is 1.81. The molecule has 0 saturated heterocycles. The highest BCUT2D eigenvalue weighted by atomic mass is 35.5. The molecule has 0 fully saturated rings. The van der Waals surface area contributed by atoms with Crippen molar-refractivity contribution in [3.63, 3.8) is 0 Å². The van der Waals surface area contributed by atoms with Crippen molar-refractivity contribution < 1.29 is 9.53 Å². The number of ether oxygens (including phenoxy) is 1. The van der Waals surface area contributed by atoms with E-state index in [1.54, 1.807) is 6.92 Å². The lowest BCUT2D eigenvalue weighted by atomic mass is 10.3. The molecule has 1 rings (SSSR count). The fourth-order valence-electron chi connectivity index (χ4n) is 1.00. The summed E-state index contributed by atoms with van der Waals surface area (Å²) in [7, 11) is 0. The van der Waals surface area contributed by atoms with E-state index in [2.05, 4.69) is 5.32 Å². The Morgan fingerprint density at radius 2 is 2.13 bits per heavy atom. The van der Waals surface area contributed by atoms with Gasteiger partial charge in [0.05, 0.1) is 6.54 Å². The first kappa shape index (κ1) is 11.9. The maximum absolute atomic E-state index is 11.1. The summed E-state index contributed by atoms with van der Waals surface area (Å²) in [4.78, 5) is 11.1. The number of hydrogen-bond donors (Lipinski definition) is 1. The van der Waals surface area contributed by atoms with Crippen molar-refractivity contribution in [3.8, 4) is 5.75 Å². The summed E-state index contributed by atoms with van der Waals surface area (Å²) >= 11 is 5.57. The zero-order chi connectivity index (χ0) is 11.1. The molecule has 0 aliphatic heterocycles. The quantitative estimate of drug-likeness (QED) is 0.616. The largest absolute Gasteiger partial charge is 0.492 e. The minimum atomic E-state index is -0.498. The Morgan fingerprint density at radius 3 is 2.73 bits per heavy atom. The number of hydrogen-bond acceptors (Lipinski definition) is 2. The summed E-state index contributed by atoms with van der Waals surface area (Å²) in [5, 5.41) is 2.16. The third-order valence-electron chi connectivity index (χ3n) is 1.77. The molecule has 1 aromatic carbocycles. The molecule has 0 radical (unpaired) electrons. The number of carbonyl (C=O) groups is 1. The summed E-state index contributed by atoms with van der Waals surface area (Å²) in [6.07, 6.45) is 0. The third-order valence-corrected chi connectivity index (χ3v) is 1.97. The molecule has 1 unspecified atom stereocenters. The van der Waals surface area contributed by atoms with Crippen molar-refractivity contribution in [2.45, 2.75) is 12.3 Å². The predicted molar refractivity (Wildman–Crippen MR) is 60.3 cm³/mol. The van der Waals surface area contributed by atoms with Crippen molar-refractivity contribution in [1.82, 2.24) is 5.32 Å². The Morgan fingerprint density at radius 1 is 1.47 bits per heavy atom. The van der Waals surface area contributed by atoms with E-state index in [4.69, 9.17) is 16.3 Å². The van der Waals surface area contributed by atoms with Gasteiger partial charge in [0.15, 0.2) is 0 Å². The van der Waals surface area contributed by atoms with Gasteiger partial charge in [-0.1, -0.05) is 18.2 Å². The van der Waals surface area contributed by atoms with E-state index in [-0.39, 0.29) is 5.91 Å².